The minimum atomic E-state index is -1.47. The molecule has 0 fully saturated rings. The molecule has 0 saturated heterocycles. The fraction of sp³-hybridized carbons (Fsp3) is 0.650. The van der Waals surface area contributed by atoms with Crippen molar-refractivity contribution < 1.29 is 19.6 Å². The van der Waals surface area contributed by atoms with Crippen LogP contribution in [-0.4, -0.2) is 47.4 Å². The lowest BCUT2D eigenvalue weighted by Gasteiger charge is -2.43. The second kappa shape index (κ2) is 7.61. The van der Waals surface area contributed by atoms with Crippen molar-refractivity contribution in [1.82, 2.24) is 4.90 Å². The highest BCUT2D eigenvalue weighted by Gasteiger charge is 2.38. The molecule has 1 amide bonds. The Morgan fingerprint density at radius 3 is 2.62 bits per heavy atom. The van der Waals surface area contributed by atoms with Crippen molar-refractivity contribution in [3.8, 4) is 0 Å². The van der Waals surface area contributed by atoms with Gasteiger partial charge < -0.3 is 19.7 Å². The largest absolute Gasteiger partial charge is 0.488 e. The van der Waals surface area contributed by atoms with Crippen molar-refractivity contribution in [2.45, 2.75) is 64.9 Å². The Morgan fingerprint density at radius 2 is 2.04 bits per heavy atom. The number of ether oxygens (including phenoxy) is 1. The Morgan fingerprint density at radius 1 is 1.38 bits per heavy atom. The summed E-state index contributed by atoms with van der Waals surface area (Å²) in [6, 6.07) is 5.71. The van der Waals surface area contributed by atoms with Crippen LogP contribution < -0.4 is 5.46 Å². The van der Waals surface area contributed by atoms with E-state index in [0.29, 0.717) is 17.9 Å². The van der Waals surface area contributed by atoms with Crippen LogP contribution in [0.5, 0.6) is 0 Å². The maximum atomic E-state index is 12.2. The number of hydrogen-bond donors (Lipinski definition) is 2. The van der Waals surface area contributed by atoms with Crippen LogP contribution in [0.4, 0.5) is 4.79 Å². The van der Waals surface area contributed by atoms with Gasteiger partial charge in [-0.05, 0) is 68.0 Å². The zero-order valence-corrected chi connectivity index (χ0v) is 16.9. The summed E-state index contributed by atoms with van der Waals surface area (Å²) in [6.07, 6.45) is 2.56. The predicted octanol–water partition coefficient (Wildman–Crippen LogP) is 2.46. The molecule has 2 atom stereocenters. The van der Waals surface area contributed by atoms with E-state index in [9.17, 15) is 14.8 Å². The van der Waals surface area contributed by atoms with E-state index < -0.39 is 12.7 Å². The summed E-state index contributed by atoms with van der Waals surface area (Å²) in [5.41, 5.74) is 2.31. The quantitative estimate of drug-likeness (QED) is 0.809. The molecule has 5 nitrogen and oxygen atoms in total. The number of aryl methyl sites for hydroxylation is 1. The van der Waals surface area contributed by atoms with E-state index in [1.807, 2.05) is 32.9 Å². The van der Waals surface area contributed by atoms with Crippen LogP contribution in [0.15, 0.2) is 18.2 Å². The summed E-state index contributed by atoms with van der Waals surface area (Å²) in [5, 5.41) is 19.1. The standard InChI is InChI=1S/C20H32BNO4/c1-14-7-8-15-9-10-16(21(24)25)13-17(15)20(14,5)11-12-22(6)18(23)26-19(2,3)4/h9-10,13-14,24-25H,7-8,11-12H2,1-6H3/t14-,20-/m1/s1. The first-order valence-corrected chi connectivity index (χ1v) is 9.37. The normalized spacial score (nSPS) is 22.5. The fourth-order valence-corrected chi connectivity index (χ4v) is 3.67. The van der Waals surface area contributed by atoms with Gasteiger partial charge in [0.25, 0.3) is 0 Å². The number of amides is 1. The number of carbonyl (C=O) groups is 1. The van der Waals surface area contributed by atoms with Gasteiger partial charge in [0.05, 0.1) is 0 Å². The van der Waals surface area contributed by atoms with Gasteiger partial charge >= 0.3 is 13.2 Å². The zero-order valence-electron chi connectivity index (χ0n) is 16.9. The van der Waals surface area contributed by atoms with Crippen molar-refractivity contribution in [3.63, 3.8) is 0 Å². The van der Waals surface area contributed by atoms with Gasteiger partial charge in [-0.3, -0.25) is 0 Å². The van der Waals surface area contributed by atoms with E-state index in [-0.39, 0.29) is 11.5 Å². The smallest absolute Gasteiger partial charge is 0.444 e. The van der Waals surface area contributed by atoms with Gasteiger partial charge in [-0.1, -0.05) is 32.0 Å². The van der Waals surface area contributed by atoms with Crippen LogP contribution in [0.3, 0.4) is 0 Å². The average Bonchev–Trinajstić information content (AvgIpc) is 2.54. The Kier molecular flexibility index (Phi) is 6.08. The number of nitrogens with zero attached hydrogens (tertiary/aromatic N) is 1. The first-order valence-electron chi connectivity index (χ1n) is 9.37. The van der Waals surface area contributed by atoms with Gasteiger partial charge in [0.2, 0.25) is 0 Å². The number of fused-ring (bicyclic) bond motifs is 1. The van der Waals surface area contributed by atoms with E-state index >= 15 is 0 Å². The summed E-state index contributed by atoms with van der Waals surface area (Å²) in [6.45, 7) is 10.6. The molecule has 1 aromatic carbocycles. The van der Waals surface area contributed by atoms with Crippen molar-refractivity contribution in [2.75, 3.05) is 13.6 Å². The molecule has 6 heteroatoms. The summed E-state index contributed by atoms with van der Waals surface area (Å²) in [7, 11) is 0.297. The monoisotopic (exact) mass is 361 g/mol. The van der Waals surface area contributed by atoms with Gasteiger partial charge in [0.15, 0.2) is 0 Å². The molecule has 144 valence electrons. The summed E-state index contributed by atoms with van der Waals surface area (Å²) < 4.78 is 5.44. The summed E-state index contributed by atoms with van der Waals surface area (Å²) in [4.78, 5) is 13.9. The number of carbonyl (C=O) groups excluding carboxylic acids is 1. The third-order valence-electron chi connectivity index (χ3n) is 5.65. The third kappa shape index (κ3) is 4.60. The minimum absolute atomic E-state index is 0.130. The van der Waals surface area contributed by atoms with Crippen molar-refractivity contribution in [3.05, 3.63) is 29.3 Å². The number of hydrogen-bond acceptors (Lipinski definition) is 4. The van der Waals surface area contributed by atoms with Crippen molar-refractivity contribution in [1.29, 1.82) is 0 Å². The minimum Gasteiger partial charge on any atom is -0.444 e. The molecule has 1 aliphatic rings. The second-order valence-electron chi connectivity index (χ2n) is 8.80. The van der Waals surface area contributed by atoms with E-state index in [2.05, 4.69) is 13.8 Å². The Hall–Kier alpha value is -1.53. The van der Waals surface area contributed by atoms with Crippen LogP contribution >= 0.6 is 0 Å². The van der Waals surface area contributed by atoms with Gasteiger partial charge in [-0.25, -0.2) is 4.79 Å². The Balaban J connectivity index is 2.20. The lowest BCUT2D eigenvalue weighted by Crippen LogP contribution is -2.42. The molecule has 1 aliphatic carbocycles. The zero-order chi connectivity index (χ0) is 19.7. The molecule has 0 saturated carbocycles. The molecular weight excluding hydrogens is 329 g/mol. The van der Waals surface area contributed by atoms with Gasteiger partial charge in [0, 0.05) is 13.6 Å². The molecule has 0 bridgehead atoms. The second-order valence-corrected chi connectivity index (χ2v) is 8.80. The molecule has 0 radical (unpaired) electrons. The molecular formula is C20H32BNO4. The van der Waals surface area contributed by atoms with Crippen LogP contribution in [0.2, 0.25) is 0 Å². The molecule has 0 unspecified atom stereocenters. The van der Waals surface area contributed by atoms with Crippen LogP contribution in [0, 0.1) is 5.92 Å². The van der Waals surface area contributed by atoms with Gasteiger partial charge in [-0.2, -0.15) is 0 Å². The van der Waals surface area contributed by atoms with E-state index in [1.165, 1.54) is 11.1 Å². The molecule has 1 aromatic rings. The number of benzene rings is 1. The maximum Gasteiger partial charge on any atom is 0.488 e. The molecule has 26 heavy (non-hydrogen) atoms. The third-order valence-corrected chi connectivity index (χ3v) is 5.65. The van der Waals surface area contributed by atoms with Crippen molar-refractivity contribution in [2.24, 2.45) is 5.92 Å². The topological polar surface area (TPSA) is 70.0 Å². The molecule has 0 aliphatic heterocycles. The van der Waals surface area contributed by atoms with Gasteiger partial charge in [-0.15, -0.1) is 0 Å². The average molecular weight is 361 g/mol. The van der Waals surface area contributed by atoms with Crippen LogP contribution in [0.25, 0.3) is 0 Å². The van der Waals surface area contributed by atoms with E-state index in [0.717, 1.165) is 19.3 Å². The highest BCUT2D eigenvalue weighted by Crippen LogP contribution is 2.43. The summed E-state index contributed by atoms with van der Waals surface area (Å²) in [5.74, 6) is 0.438. The molecule has 2 N–H and O–H groups in total. The first-order chi connectivity index (χ1) is 11.9. The first kappa shape index (κ1) is 20.8. The molecule has 0 spiro atoms. The Labute approximate surface area is 157 Å². The highest BCUT2D eigenvalue weighted by molar-refractivity contribution is 6.58. The molecule has 0 heterocycles. The van der Waals surface area contributed by atoms with E-state index in [4.69, 9.17) is 4.74 Å². The molecule has 2 rings (SSSR count). The SMILES string of the molecule is C[C@@H]1CCc2ccc(B(O)O)cc2[C@]1(C)CCN(C)C(=O)OC(C)(C)C. The van der Waals surface area contributed by atoms with E-state index in [1.54, 1.807) is 18.0 Å². The van der Waals surface area contributed by atoms with Crippen molar-refractivity contribution >= 4 is 18.7 Å². The lowest BCUT2D eigenvalue weighted by atomic mass is 9.62. The fourth-order valence-electron chi connectivity index (χ4n) is 3.67. The summed E-state index contributed by atoms with van der Waals surface area (Å²) >= 11 is 0. The van der Waals surface area contributed by atoms with Gasteiger partial charge in [0.1, 0.15) is 5.60 Å². The number of rotatable bonds is 4. The lowest BCUT2D eigenvalue weighted by molar-refractivity contribution is 0.0281. The van der Waals surface area contributed by atoms with Crippen LogP contribution in [0.1, 0.15) is 58.6 Å². The predicted molar refractivity (Wildman–Crippen MR) is 105 cm³/mol. The van der Waals surface area contributed by atoms with Crippen LogP contribution in [-0.2, 0) is 16.6 Å². The maximum absolute atomic E-state index is 12.2. The highest BCUT2D eigenvalue weighted by atomic mass is 16.6. The molecule has 0 aromatic heterocycles. The Bertz CT molecular complexity index is 656.